The van der Waals surface area contributed by atoms with E-state index in [1.54, 1.807) is 6.92 Å². The third-order valence-corrected chi connectivity index (χ3v) is 2.18. The molecule has 0 saturated carbocycles. The molecular formula is C13H15FeNO2. The summed E-state index contributed by atoms with van der Waals surface area (Å²) in [6, 6.07) is 17.1. The third kappa shape index (κ3) is 6.72. The van der Waals surface area contributed by atoms with Crippen LogP contribution in [0.5, 0.6) is 0 Å². The minimum atomic E-state index is -0.475. The fraction of sp³-hybridized carbons (Fsp3) is 0.231. The van der Waals surface area contributed by atoms with E-state index in [1.807, 2.05) is 54.6 Å². The zero-order chi connectivity index (χ0) is 11.8. The van der Waals surface area contributed by atoms with Crippen LogP contribution in [0, 0.1) is 10.1 Å². The van der Waals surface area contributed by atoms with Gasteiger partial charge >= 0.3 is 17.1 Å². The standard InChI is InChI=1S/C8H10NO2.C5H5.Fe/c1-7(9(10)11)6-8-4-2-3-5-8;1-2-4-5-3-1;/h2-5,7H,6H2,1H3;1-5H;/q2*-1;+2. The summed E-state index contributed by atoms with van der Waals surface area (Å²) in [5.74, 6) is 0. The van der Waals surface area contributed by atoms with Crippen molar-refractivity contribution in [2.75, 3.05) is 0 Å². The Morgan fingerprint density at radius 3 is 2.12 bits per heavy atom. The van der Waals surface area contributed by atoms with E-state index < -0.39 is 6.04 Å². The van der Waals surface area contributed by atoms with E-state index in [-0.39, 0.29) is 22.0 Å². The molecule has 0 aliphatic heterocycles. The molecule has 0 spiro atoms. The molecule has 0 bridgehead atoms. The summed E-state index contributed by atoms with van der Waals surface area (Å²) in [5, 5.41) is 10.2. The fourth-order valence-electron chi connectivity index (χ4n) is 1.29. The van der Waals surface area contributed by atoms with Crippen LogP contribution in [-0.2, 0) is 23.5 Å². The van der Waals surface area contributed by atoms with Gasteiger partial charge in [0.05, 0.1) is 0 Å². The van der Waals surface area contributed by atoms with Crippen LogP contribution < -0.4 is 0 Å². The molecule has 0 aromatic heterocycles. The van der Waals surface area contributed by atoms with Gasteiger partial charge in [0.1, 0.15) is 0 Å². The Balaban J connectivity index is 0.000000360. The van der Waals surface area contributed by atoms with E-state index in [4.69, 9.17) is 0 Å². The molecule has 0 saturated heterocycles. The van der Waals surface area contributed by atoms with Gasteiger partial charge in [-0.15, -0.1) is 0 Å². The van der Waals surface area contributed by atoms with Crippen LogP contribution in [0.15, 0.2) is 54.6 Å². The first-order valence-electron chi connectivity index (χ1n) is 5.21. The van der Waals surface area contributed by atoms with Gasteiger partial charge in [-0.1, -0.05) is 0 Å². The molecule has 2 aromatic carbocycles. The first kappa shape index (κ1) is 15.6. The van der Waals surface area contributed by atoms with Crippen LogP contribution in [0.1, 0.15) is 12.5 Å². The number of hydrogen-bond acceptors (Lipinski definition) is 2. The van der Waals surface area contributed by atoms with Crippen molar-refractivity contribution in [3.8, 4) is 0 Å². The predicted molar refractivity (Wildman–Crippen MR) is 64.2 cm³/mol. The molecule has 0 aliphatic rings. The molecule has 17 heavy (non-hydrogen) atoms. The zero-order valence-electron chi connectivity index (χ0n) is 9.60. The van der Waals surface area contributed by atoms with E-state index in [9.17, 15) is 10.1 Å². The third-order valence-electron chi connectivity index (χ3n) is 2.18. The molecule has 0 fully saturated rings. The van der Waals surface area contributed by atoms with Crippen LogP contribution in [0.25, 0.3) is 0 Å². The van der Waals surface area contributed by atoms with Crippen molar-refractivity contribution in [2.24, 2.45) is 0 Å². The van der Waals surface area contributed by atoms with Gasteiger partial charge in [-0.3, -0.25) is 10.1 Å². The van der Waals surface area contributed by atoms with Crippen LogP contribution in [-0.4, -0.2) is 11.0 Å². The minimum Gasteiger partial charge on any atom is -0.264 e. The van der Waals surface area contributed by atoms with Crippen LogP contribution in [0.3, 0.4) is 0 Å². The normalized spacial score (nSPS) is 10.6. The molecule has 2 aromatic rings. The Morgan fingerprint density at radius 2 is 1.76 bits per heavy atom. The Kier molecular flexibility index (Phi) is 8.03. The summed E-state index contributed by atoms with van der Waals surface area (Å²) in [7, 11) is 0. The average Bonchev–Trinajstić information content (AvgIpc) is 2.92. The smallest absolute Gasteiger partial charge is 0.264 e. The summed E-state index contributed by atoms with van der Waals surface area (Å²) >= 11 is 0. The van der Waals surface area contributed by atoms with E-state index >= 15 is 0 Å². The SMILES string of the molecule is CC(C[c-]1cccc1)[N+](=O)[O-].[Fe+2].c1cc[cH-]c1. The van der Waals surface area contributed by atoms with E-state index in [0.29, 0.717) is 6.42 Å². The average molecular weight is 273 g/mol. The molecule has 0 amide bonds. The number of hydrogen-bond donors (Lipinski definition) is 0. The summed E-state index contributed by atoms with van der Waals surface area (Å²) in [5.41, 5.74) is 1.04. The first-order valence-corrected chi connectivity index (χ1v) is 5.21. The molecule has 0 N–H and O–H groups in total. The van der Waals surface area contributed by atoms with Gasteiger partial charge in [-0.25, -0.2) is 24.3 Å². The van der Waals surface area contributed by atoms with Gasteiger partial charge in [0.15, 0.2) is 0 Å². The maximum Gasteiger partial charge on any atom is 2.00 e. The molecule has 3 nitrogen and oxygen atoms in total. The molecule has 0 aliphatic carbocycles. The fourth-order valence-corrected chi connectivity index (χ4v) is 1.29. The second-order valence-electron chi connectivity index (χ2n) is 3.59. The van der Waals surface area contributed by atoms with Crippen molar-refractivity contribution in [3.05, 3.63) is 70.3 Å². The largest absolute Gasteiger partial charge is 2.00 e. The van der Waals surface area contributed by atoms with E-state index in [2.05, 4.69) is 0 Å². The summed E-state index contributed by atoms with van der Waals surface area (Å²) in [6.07, 6.45) is 0.528. The molecular weight excluding hydrogens is 258 g/mol. The van der Waals surface area contributed by atoms with Crippen molar-refractivity contribution >= 4 is 0 Å². The van der Waals surface area contributed by atoms with Crippen molar-refractivity contribution < 1.29 is 22.0 Å². The van der Waals surface area contributed by atoms with Gasteiger partial charge in [0.2, 0.25) is 6.04 Å². The summed E-state index contributed by atoms with van der Waals surface area (Å²) in [4.78, 5) is 9.97. The van der Waals surface area contributed by atoms with Crippen molar-refractivity contribution in [3.63, 3.8) is 0 Å². The second kappa shape index (κ2) is 8.74. The van der Waals surface area contributed by atoms with Gasteiger partial charge < -0.3 is 0 Å². The van der Waals surface area contributed by atoms with Crippen LogP contribution >= 0.6 is 0 Å². The minimum absolute atomic E-state index is 0. The molecule has 4 heteroatoms. The molecule has 0 radical (unpaired) electrons. The molecule has 92 valence electrons. The van der Waals surface area contributed by atoms with Gasteiger partial charge in [0.25, 0.3) is 0 Å². The molecule has 2 rings (SSSR count). The summed E-state index contributed by atoms with van der Waals surface area (Å²) in [6.45, 7) is 1.62. The zero-order valence-corrected chi connectivity index (χ0v) is 10.7. The molecule has 1 unspecified atom stereocenters. The maximum atomic E-state index is 10.2. The van der Waals surface area contributed by atoms with Gasteiger partial charge in [-0.2, -0.15) is 35.9 Å². The number of nitro groups is 1. The van der Waals surface area contributed by atoms with Gasteiger partial charge in [0, 0.05) is 11.8 Å². The van der Waals surface area contributed by atoms with Crippen molar-refractivity contribution in [1.82, 2.24) is 0 Å². The predicted octanol–water partition coefficient (Wildman–Crippen LogP) is 3.02. The van der Waals surface area contributed by atoms with Crippen LogP contribution in [0.2, 0.25) is 0 Å². The number of rotatable bonds is 3. The first-order chi connectivity index (χ1) is 7.70. The Morgan fingerprint density at radius 1 is 1.24 bits per heavy atom. The Hall–Kier alpha value is -1.38. The maximum absolute atomic E-state index is 10.2. The summed E-state index contributed by atoms with van der Waals surface area (Å²) < 4.78 is 0. The van der Waals surface area contributed by atoms with Crippen molar-refractivity contribution in [2.45, 2.75) is 19.4 Å². The van der Waals surface area contributed by atoms with Crippen LogP contribution in [0.4, 0.5) is 0 Å². The van der Waals surface area contributed by atoms with Crippen molar-refractivity contribution in [1.29, 1.82) is 0 Å². The Labute approximate surface area is 112 Å². The Bertz CT molecular complexity index is 364. The van der Waals surface area contributed by atoms with Gasteiger partial charge in [-0.05, 0) is 6.42 Å². The quantitative estimate of drug-likeness (QED) is 0.373. The number of nitrogens with zero attached hydrogens (tertiary/aromatic N) is 1. The van der Waals surface area contributed by atoms with E-state index in [0.717, 1.165) is 5.56 Å². The second-order valence-corrected chi connectivity index (χ2v) is 3.59. The topological polar surface area (TPSA) is 43.1 Å². The monoisotopic (exact) mass is 273 g/mol. The molecule has 1 atom stereocenters. The molecule has 0 heterocycles. The van der Waals surface area contributed by atoms with E-state index in [1.165, 1.54) is 0 Å².